The maximum absolute atomic E-state index is 11.2. The molecular weight excluding hydrogens is 264 g/mol. The van der Waals surface area contributed by atoms with Crippen LogP contribution in [0.25, 0.3) is 22.0 Å². The molecule has 0 saturated carbocycles. The van der Waals surface area contributed by atoms with Crippen molar-refractivity contribution in [2.45, 2.75) is 0 Å². The number of benzene rings is 1. The van der Waals surface area contributed by atoms with E-state index in [-0.39, 0.29) is 5.69 Å². The van der Waals surface area contributed by atoms with E-state index in [0.717, 1.165) is 10.9 Å². The molecule has 5 heteroatoms. The largest absolute Gasteiger partial charge is 0.477 e. The number of hydrogen-bond acceptors (Lipinski definition) is 2. The van der Waals surface area contributed by atoms with Crippen LogP contribution in [0.2, 0.25) is 5.02 Å². The van der Waals surface area contributed by atoms with Gasteiger partial charge in [-0.05, 0) is 24.3 Å². The van der Waals surface area contributed by atoms with Gasteiger partial charge in [0.15, 0.2) is 0 Å². The summed E-state index contributed by atoms with van der Waals surface area (Å²) in [7, 11) is 0. The van der Waals surface area contributed by atoms with Crippen molar-refractivity contribution in [1.29, 1.82) is 0 Å². The van der Waals surface area contributed by atoms with Crippen molar-refractivity contribution < 1.29 is 9.90 Å². The number of aromatic nitrogens is 2. The third-order valence-electron chi connectivity index (χ3n) is 2.97. The molecular formula is C14H9ClN2O2. The number of rotatable bonds is 2. The highest BCUT2D eigenvalue weighted by Crippen LogP contribution is 2.33. The summed E-state index contributed by atoms with van der Waals surface area (Å²) in [6, 6.07) is 8.92. The molecule has 0 saturated heterocycles. The summed E-state index contributed by atoms with van der Waals surface area (Å²) in [5.74, 6) is -1.00. The second-order valence-corrected chi connectivity index (χ2v) is 4.47. The lowest BCUT2D eigenvalue weighted by Gasteiger charge is -2.06. The molecule has 0 aliphatic carbocycles. The highest BCUT2D eigenvalue weighted by Gasteiger charge is 2.16. The first-order chi connectivity index (χ1) is 9.18. The molecule has 94 valence electrons. The van der Waals surface area contributed by atoms with Crippen molar-refractivity contribution in [2.75, 3.05) is 0 Å². The second-order valence-electron chi connectivity index (χ2n) is 4.07. The fourth-order valence-electron chi connectivity index (χ4n) is 2.13. The lowest BCUT2D eigenvalue weighted by molar-refractivity contribution is 0.0692. The zero-order valence-corrected chi connectivity index (χ0v) is 10.5. The van der Waals surface area contributed by atoms with E-state index in [1.165, 1.54) is 0 Å². The molecule has 0 spiro atoms. The Labute approximate surface area is 113 Å². The first-order valence-electron chi connectivity index (χ1n) is 5.63. The van der Waals surface area contributed by atoms with Gasteiger partial charge in [0.05, 0.1) is 10.5 Å². The van der Waals surface area contributed by atoms with Crippen LogP contribution in [0, 0.1) is 0 Å². The van der Waals surface area contributed by atoms with Gasteiger partial charge < -0.3 is 10.1 Å². The number of nitrogens with one attached hydrogen (secondary N) is 1. The molecule has 4 nitrogen and oxygen atoms in total. The molecule has 0 amide bonds. The number of nitrogens with zero attached hydrogens (tertiary/aromatic N) is 1. The van der Waals surface area contributed by atoms with Gasteiger partial charge in [-0.15, -0.1) is 0 Å². The Hall–Kier alpha value is -2.33. The van der Waals surface area contributed by atoms with Crippen LogP contribution in [0.1, 0.15) is 10.5 Å². The molecule has 0 aliphatic heterocycles. The molecule has 0 fully saturated rings. The highest BCUT2D eigenvalue weighted by molar-refractivity contribution is 6.35. The number of carboxylic acid groups (broad SMARTS) is 1. The van der Waals surface area contributed by atoms with Crippen LogP contribution in [0.5, 0.6) is 0 Å². The number of carbonyl (C=O) groups is 1. The first kappa shape index (κ1) is 11.7. The van der Waals surface area contributed by atoms with Crippen LogP contribution in [-0.4, -0.2) is 21.0 Å². The predicted molar refractivity (Wildman–Crippen MR) is 73.5 cm³/mol. The van der Waals surface area contributed by atoms with E-state index in [1.54, 1.807) is 36.7 Å². The summed E-state index contributed by atoms with van der Waals surface area (Å²) >= 11 is 6.13. The van der Waals surface area contributed by atoms with Crippen LogP contribution in [0.3, 0.4) is 0 Å². The fraction of sp³-hybridized carbons (Fsp3) is 0. The van der Waals surface area contributed by atoms with Crippen LogP contribution in [0.15, 0.2) is 42.7 Å². The van der Waals surface area contributed by atoms with Gasteiger partial charge >= 0.3 is 5.97 Å². The second kappa shape index (κ2) is 4.40. The summed E-state index contributed by atoms with van der Waals surface area (Å²) in [4.78, 5) is 18.2. The third-order valence-corrected chi connectivity index (χ3v) is 3.30. The van der Waals surface area contributed by atoms with Crippen molar-refractivity contribution in [3.05, 3.63) is 53.4 Å². The Morgan fingerprint density at radius 1 is 1.21 bits per heavy atom. The minimum absolute atomic E-state index is 0.147. The maximum Gasteiger partial charge on any atom is 0.352 e. The number of hydrogen-bond donors (Lipinski definition) is 2. The normalized spacial score (nSPS) is 10.8. The van der Waals surface area contributed by atoms with Crippen molar-refractivity contribution >= 4 is 28.5 Å². The molecule has 2 heterocycles. The number of pyridine rings is 1. The fourth-order valence-corrected chi connectivity index (χ4v) is 2.34. The highest BCUT2D eigenvalue weighted by atomic mass is 35.5. The quantitative estimate of drug-likeness (QED) is 0.749. The SMILES string of the molecule is O=C(O)c1[nH]ccc1-c1ccc(Cl)c2cccnc12. The minimum Gasteiger partial charge on any atom is -0.477 e. The number of H-pyrrole nitrogens is 1. The molecule has 19 heavy (non-hydrogen) atoms. The van der Waals surface area contributed by atoms with E-state index in [1.807, 2.05) is 6.07 Å². The molecule has 0 aliphatic rings. The van der Waals surface area contributed by atoms with Gasteiger partial charge in [0.2, 0.25) is 0 Å². The van der Waals surface area contributed by atoms with E-state index in [2.05, 4.69) is 9.97 Å². The smallest absolute Gasteiger partial charge is 0.352 e. The number of carboxylic acids is 1. The zero-order valence-electron chi connectivity index (χ0n) is 9.72. The Morgan fingerprint density at radius 3 is 2.84 bits per heavy atom. The van der Waals surface area contributed by atoms with Crippen LogP contribution < -0.4 is 0 Å². The van der Waals surface area contributed by atoms with Crippen LogP contribution >= 0.6 is 11.6 Å². The third kappa shape index (κ3) is 1.86. The number of aromatic amines is 1. The summed E-state index contributed by atoms with van der Waals surface area (Å²) in [6.45, 7) is 0. The van der Waals surface area contributed by atoms with Gasteiger partial charge in [0, 0.05) is 28.9 Å². The lowest BCUT2D eigenvalue weighted by atomic mass is 10.0. The summed E-state index contributed by atoms with van der Waals surface area (Å²) in [6.07, 6.45) is 3.26. The standard InChI is InChI=1S/C14H9ClN2O2/c15-11-4-3-8(12-10(11)2-1-6-16-12)9-5-7-17-13(9)14(18)19/h1-7,17H,(H,18,19). The monoisotopic (exact) mass is 272 g/mol. The topological polar surface area (TPSA) is 66.0 Å². The minimum atomic E-state index is -1.00. The average Bonchev–Trinajstić information content (AvgIpc) is 2.89. The molecule has 3 rings (SSSR count). The van der Waals surface area contributed by atoms with Crippen molar-refractivity contribution in [2.24, 2.45) is 0 Å². The Balaban J connectivity index is 2.35. The number of halogens is 1. The van der Waals surface area contributed by atoms with Crippen LogP contribution in [0.4, 0.5) is 0 Å². The molecule has 0 radical (unpaired) electrons. The van der Waals surface area contributed by atoms with Gasteiger partial charge in [-0.2, -0.15) is 0 Å². The van der Waals surface area contributed by atoms with Gasteiger partial charge in [-0.1, -0.05) is 17.7 Å². The molecule has 1 aromatic carbocycles. The zero-order chi connectivity index (χ0) is 13.4. The van der Waals surface area contributed by atoms with E-state index >= 15 is 0 Å². The molecule has 3 aromatic rings. The van der Waals surface area contributed by atoms with Gasteiger partial charge in [-0.3, -0.25) is 4.98 Å². The summed E-state index contributed by atoms with van der Waals surface area (Å²) in [5, 5.41) is 10.6. The van der Waals surface area contributed by atoms with E-state index in [0.29, 0.717) is 16.1 Å². The van der Waals surface area contributed by atoms with Crippen molar-refractivity contribution in [3.63, 3.8) is 0 Å². The number of fused-ring (bicyclic) bond motifs is 1. The Morgan fingerprint density at radius 2 is 2.05 bits per heavy atom. The molecule has 0 unspecified atom stereocenters. The van der Waals surface area contributed by atoms with Crippen molar-refractivity contribution in [1.82, 2.24) is 9.97 Å². The van der Waals surface area contributed by atoms with Crippen LogP contribution in [-0.2, 0) is 0 Å². The van der Waals surface area contributed by atoms with Crippen molar-refractivity contribution in [3.8, 4) is 11.1 Å². The number of aromatic carboxylic acids is 1. The molecule has 2 N–H and O–H groups in total. The lowest BCUT2D eigenvalue weighted by Crippen LogP contribution is -1.99. The molecule has 0 atom stereocenters. The first-order valence-corrected chi connectivity index (χ1v) is 6.00. The van der Waals surface area contributed by atoms with Gasteiger partial charge in [0.1, 0.15) is 5.69 Å². The van der Waals surface area contributed by atoms with E-state index < -0.39 is 5.97 Å². The Bertz CT molecular complexity index is 780. The summed E-state index contributed by atoms with van der Waals surface area (Å²) < 4.78 is 0. The predicted octanol–water partition coefficient (Wildman–Crippen LogP) is 3.58. The molecule has 0 bridgehead atoms. The Kier molecular flexibility index (Phi) is 2.72. The molecule has 2 aromatic heterocycles. The summed E-state index contributed by atoms with van der Waals surface area (Å²) in [5.41, 5.74) is 2.19. The van der Waals surface area contributed by atoms with E-state index in [9.17, 15) is 4.79 Å². The maximum atomic E-state index is 11.2. The van der Waals surface area contributed by atoms with Gasteiger partial charge in [-0.25, -0.2) is 4.79 Å². The van der Waals surface area contributed by atoms with E-state index in [4.69, 9.17) is 16.7 Å². The average molecular weight is 273 g/mol. The van der Waals surface area contributed by atoms with Gasteiger partial charge in [0.25, 0.3) is 0 Å².